The fraction of sp³-hybridized carbons (Fsp3) is 0.409. The second-order valence-electron chi connectivity index (χ2n) is 7.03. The van der Waals surface area contributed by atoms with Crippen molar-refractivity contribution in [3.05, 3.63) is 58.1 Å². The molecule has 1 heterocycles. The van der Waals surface area contributed by atoms with Crippen molar-refractivity contribution in [2.24, 2.45) is 0 Å². The number of hydrogen-bond donors (Lipinski definition) is 1. The van der Waals surface area contributed by atoms with E-state index in [-0.39, 0.29) is 0 Å². The van der Waals surface area contributed by atoms with Crippen molar-refractivity contribution < 1.29 is 9.47 Å². The first-order valence-electron chi connectivity index (χ1n) is 10.2. The number of hydrogen-bond acceptors (Lipinski definition) is 6. The van der Waals surface area contributed by atoms with Crippen LogP contribution in [0.15, 0.2) is 36.4 Å². The summed E-state index contributed by atoms with van der Waals surface area (Å²) < 4.78 is 13.6. The number of nitrogens with zero attached hydrogens (tertiary/aromatic N) is 4. The predicted molar refractivity (Wildman–Crippen MR) is 118 cm³/mol. The summed E-state index contributed by atoms with van der Waals surface area (Å²) in [5.74, 6) is 1.91. The van der Waals surface area contributed by atoms with E-state index in [1.54, 1.807) is 10.7 Å². The zero-order valence-electron chi connectivity index (χ0n) is 17.7. The number of nitrogens with one attached hydrogen (secondary N) is 1. The normalized spacial score (nSPS) is 10.8. The number of halogens is 1. The van der Waals surface area contributed by atoms with Crippen molar-refractivity contribution in [2.75, 3.05) is 11.9 Å². The van der Waals surface area contributed by atoms with Crippen LogP contribution < -0.4 is 14.8 Å². The number of aryl methyl sites for hydroxylation is 2. The van der Waals surface area contributed by atoms with Gasteiger partial charge in [-0.25, -0.2) is 4.68 Å². The third-order valence-electron chi connectivity index (χ3n) is 4.62. The molecule has 0 bridgehead atoms. The number of benzene rings is 2. The minimum absolute atomic E-state index is 0.445. The highest BCUT2D eigenvalue weighted by atomic mass is 35.5. The summed E-state index contributed by atoms with van der Waals surface area (Å²) in [6.45, 7) is 8.37. The first-order chi connectivity index (χ1) is 14.6. The minimum atomic E-state index is 0.445. The topological polar surface area (TPSA) is 74.1 Å². The molecule has 1 aromatic heterocycles. The van der Waals surface area contributed by atoms with E-state index in [0.717, 1.165) is 30.5 Å². The maximum Gasteiger partial charge on any atom is 0.243 e. The van der Waals surface area contributed by atoms with Gasteiger partial charge in [0.15, 0.2) is 11.5 Å². The molecule has 160 valence electrons. The summed E-state index contributed by atoms with van der Waals surface area (Å²) in [4.78, 5) is 0. The number of rotatable bonds is 11. The van der Waals surface area contributed by atoms with Crippen molar-refractivity contribution in [2.45, 2.75) is 53.3 Å². The van der Waals surface area contributed by atoms with Crippen molar-refractivity contribution >= 4 is 17.5 Å². The molecule has 0 aliphatic rings. The third-order valence-corrected chi connectivity index (χ3v) is 4.97. The Kier molecular flexibility index (Phi) is 7.90. The molecule has 30 heavy (non-hydrogen) atoms. The van der Waals surface area contributed by atoms with Gasteiger partial charge in [0.1, 0.15) is 6.61 Å². The van der Waals surface area contributed by atoms with Gasteiger partial charge in [0.2, 0.25) is 5.95 Å². The summed E-state index contributed by atoms with van der Waals surface area (Å²) in [5.41, 5.74) is 3.19. The summed E-state index contributed by atoms with van der Waals surface area (Å²) in [6, 6.07) is 12.0. The van der Waals surface area contributed by atoms with E-state index < -0.39 is 0 Å². The van der Waals surface area contributed by atoms with E-state index in [0.29, 0.717) is 42.2 Å². The van der Waals surface area contributed by atoms with Crippen molar-refractivity contribution in [3.63, 3.8) is 0 Å². The van der Waals surface area contributed by atoms with Crippen LogP contribution in [0.3, 0.4) is 0 Å². The summed E-state index contributed by atoms with van der Waals surface area (Å²) >= 11 is 6.53. The van der Waals surface area contributed by atoms with Crippen LogP contribution in [0.25, 0.3) is 0 Å². The fourth-order valence-electron chi connectivity index (χ4n) is 2.90. The van der Waals surface area contributed by atoms with Crippen molar-refractivity contribution in [1.29, 1.82) is 0 Å². The van der Waals surface area contributed by atoms with Crippen LogP contribution in [0.1, 0.15) is 43.4 Å². The molecule has 0 unspecified atom stereocenters. The zero-order valence-corrected chi connectivity index (χ0v) is 18.4. The standard InChI is InChI=1S/C22H28ClN5O2/c1-4-6-11-28-22(25-26-27-28)24-14-18-12-20(29-5-2)21(13-19(18)23)30-15-17-9-7-16(3)8-10-17/h7-10,12-13H,4-6,11,14-15H2,1-3H3,(H,24,25,27). The Labute approximate surface area is 182 Å². The van der Waals surface area contributed by atoms with Gasteiger partial charge < -0.3 is 14.8 Å². The van der Waals surface area contributed by atoms with E-state index in [2.05, 4.69) is 59.0 Å². The Morgan fingerprint density at radius 2 is 1.83 bits per heavy atom. The highest BCUT2D eigenvalue weighted by Gasteiger charge is 2.13. The molecule has 0 spiro atoms. The molecule has 0 atom stereocenters. The monoisotopic (exact) mass is 429 g/mol. The molecule has 0 amide bonds. The lowest BCUT2D eigenvalue weighted by Gasteiger charge is -2.15. The number of tetrazole rings is 1. The second-order valence-corrected chi connectivity index (χ2v) is 7.44. The molecule has 2 aromatic carbocycles. The molecular formula is C22H28ClN5O2. The van der Waals surface area contributed by atoms with E-state index in [9.17, 15) is 0 Å². The van der Waals surface area contributed by atoms with E-state index >= 15 is 0 Å². The smallest absolute Gasteiger partial charge is 0.243 e. The Bertz CT molecular complexity index is 943. The average Bonchev–Trinajstić information content (AvgIpc) is 3.19. The Hall–Kier alpha value is -2.80. The van der Waals surface area contributed by atoms with Gasteiger partial charge in [0.05, 0.1) is 6.61 Å². The minimum Gasteiger partial charge on any atom is -0.490 e. The molecule has 0 radical (unpaired) electrons. The quantitative estimate of drug-likeness (QED) is 0.461. The van der Waals surface area contributed by atoms with E-state index in [1.807, 2.05) is 13.0 Å². The van der Waals surface area contributed by atoms with Gasteiger partial charge in [-0.05, 0) is 47.9 Å². The van der Waals surface area contributed by atoms with Crippen LogP contribution >= 0.6 is 11.6 Å². The lowest BCUT2D eigenvalue weighted by molar-refractivity contribution is 0.269. The molecular weight excluding hydrogens is 402 g/mol. The van der Waals surface area contributed by atoms with Crippen LogP contribution in [0, 0.1) is 6.92 Å². The van der Waals surface area contributed by atoms with E-state index in [1.165, 1.54) is 5.56 Å². The van der Waals surface area contributed by atoms with Crippen LogP contribution in [-0.2, 0) is 19.7 Å². The molecule has 3 rings (SSSR count). The molecule has 0 saturated carbocycles. The number of anilines is 1. The van der Waals surface area contributed by atoms with Crippen LogP contribution in [0.2, 0.25) is 5.02 Å². The third kappa shape index (κ3) is 5.86. The predicted octanol–water partition coefficient (Wildman–Crippen LogP) is 5.02. The van der Waals surface area contributed by atoms with E-state index in [4.69, 9.17) is 21.1 Å². The SMILES string of the molecule is CCCCn1nnnc1NCc1cc(OCC)c(OCc2ccc(C)cc2)cc1Cl. The van der Waals surface area contributed by atoms with Gasteiger partial charge in [-0.15, -0.1) is 0 Å². The van der Waals surface area contributed by atoms with Gasteiger partial charge in [0, 0.05) is 24.2 Å². The lowest BCUT2D eigenvalue weighted by atomic mass is 10.1. The summed E-state index contributed by atoms with van der Waals surface area (Å²) in [5, 5.41) is 15.7. The Balaban J connectivity index is 1.70. The summed E-state index contributed by atoms with van der Waals surface area (Å²) in [6.07, 6.45) is 2.09. The molecule has 8 heteroatoms. The van der Waals surface area contributed by atoms with Gasteiger partial charge >= 0.3 is 0 Å². The lowest BCUT2D eigenvalue weighted by Crippen LogP contribution is -2.10. The summed E-state index contributed by atoms with van der Waals surface area (Å²) in [7, 11) is 0. The van der Waals surface area contributed by atoms with Crippen LogP contribution in [0.4, 0.5) is 5.95 Å². The first kappa shape index (κ1) is 21.9. The number of unbranched alkanes of at least 4 members (excludes halogenated alkanes) is 1. The zero-order chi connectivity index (χ0) is 21.3. The Morgan fingerprint density at radius 3 is 2.57 bits per heavy atom. The number of ether oxygens (including phenoxy) is 2. The molecule has 0 fully saturated rings. The molecule has 0 saturated heterocycles. The maximum atomic E-state index is 6.53. The number of aromatic nitrogens is 4. The fourth-order valence-corrected chi connectivity index (χ4v) is 3.12. The van der Waals surface area contributed by atoms with Gasteiger partial charge in [0.25, 0.3) is 0 Å². The van der Waals surface area contributed by atoms with Gasteiger partial charge in [-0.3, -0.25) is 0 Å². The highest BCUT2D eigenvalue weighted by Crippen LogP contribution is 2.34. The maximum absolute atomic E-state index is 6.53. The molecule has 3 aromatic rings. The van der Waals surface area contributed by atoms with Crippen LogP contribution in [-0.4, -0.2) is 26.8 Å². The van der Waals surface area contributed by atoms with Gasteiger partial charge in [-0.2, -0.15) is 0 Å². The largest absolute Gasteiger partial charge is 0.490 e. The molecule has 0 aliphatic heterocycles. The Morgan fingerprint density at radius 1 is 1.07 bits per heavy atom. The average molecular weight is 430 g/mol. The van der Waals surface area contributed by atoms with Crippen molar-refractivity contribution in [1.82, 2.24) is 20.2 Å². The molecule has 0 aliphatic carbocycles. The second kappa shape index (κ2) is 10.8. The van der Waals surface area contributed by atoms with Crippen molar-refractivity contribution in [3.8, 4) is 11.5 Å². The van der Waals surface area contributed by atoms with Gasteiger partial charge in [-0.1, -0.05) is 59.9 Å². The highest BCUT2D eigenvalue weighted by molar-refractivity contribution is 6.31. The van der Waals surface area contributed by atoms with Crippen LogP contribution in [0.5, 0.6) is 11.5 Å². The first-order valence-corrected chi connectivity index (χ1v) is 10.6. The molecule has 1 N–H and O–H groups in total. The molecule has 7 nitrogen and oxygen atoms in total.